The summed E-state index contributed by atoms with van der Waals surface area (Å²) >= 11 is 0. The molecule has 5 heteroatoms. The molecule has 0 bridgehead atoms. The van der Waals surface area contributed by atoms with E-state index in [9.17, 15) is 8.42 Å². The maximum atomic E-state index is 12.6. The van der Waals surface area contributed by atoms with Gasteiger partial charge >= 0.3 is 0 Å². The van der Waals surface area contributed by atoms with Gasteiger partial charge in [-0.2, -0.15) is 0 Å². The third-order valence-electron chi connectivity index (χ3n) is 4.34. The van der Waals surface area contributed by atoms with Crippen LogP contribution in [0.3, 0.4) is 0 Å². The lowest BCUT2D eigenvalue weighted by Gasteiger charge is -2.29. The number of hydrogen-bond acceptors (Lipinski definition) is 3. The van der Waals surface area contributed by atoms with Crippen LogP contribution < -0.4 is 9.46 Å². The second-order valence-corrected chi connectivity index (χ2v) is 7.98. The van der Waals surface area contributed by atoms with Crippen molar-refractivity contribution in [1.82, 2.24) is 4.72 Å². The molecule has 22 heavy (non-hydrogen) atoms. The van der Waals surface area contributed by atoms with E-state index in [0.29, 0.717) is 17.4 Å². The van der Waals surface area contributed by atoms with E-state index >= 15 is 0 Å². The molecule has 0 aliphatic heterocycles. The summed E-state index contributed by atoms with van der Waals surface area (Å²) in [5, 5.41) is 0. The zero-order valence-corrected chi connectivity index (χ0v) is 14.6. The van der Waals surface area contributed by atoms with E-state index in [1.807, 2.05) is 13.8 Å². The summed E-state index contributed by atoms with van der Waals surface area (Å²) in [6.45, 7) is 6.70. The molecular formula is C17H27NO3S. The van der Waals surface area contributed by atoms with Gasteiger partial charge in [-0.3, -0.25) is 0 Å². The monoisotopic (exact) mass is 325 g/mol. The smallest absolute Gasteiger partial charge is 0.240 e. The predicted octanol–water partition coefficient (Wildman–Crippen LogP) is 3.64. The molecule has 124 valence electrons. The number of sulfonamides is 1. The van der Waals surface area contributed by atoms with Crippen LogP contribution in [-0.4, -0.2) is 21.1 Å². The van der Waals surface area contributed by atoms with E-state index in [-0.39, 0.29) is 6.04 Å². The Morgan fingerprint density at radius 2 is 2.00 bits per heavy atom. The van der Waals surface area contributed by atoms with Crippen LogP contribution in [0.1, 0.15) is 51.5 Å². The maximum Gasteiger partial charge on any atom is 0.240 e. The molecule has 1 N–H and O–H groups in total. The zero-order chi connectivity index (χ0) is 16.2. The lowest BCUT2D eigenvalue weighted by atomic mass is 9.87. The predicted molar refractivity (Wildman–Crippen MR) is 88.7 cm³/mol. The van der Waals surface area contributed by atoms with Crippen molar-refractivity contribution in [1.29, 1.82) is 0 Å². The van der Waals surface area contributed by atoms with Crippen molar-refractivity contribution < 1.29 is 13.2 Å². The molecule has 0 saturated heterocycles. The molecule has 0 aromatic heterocycles. The van der Waals surface area contributed by atoms with Gasteiger partial charge in [0.05, 0.1) is 11.5 Å². The molecule has 0 amide bonds. The van der Waals surface area contributed by atoms with Gasteiger partial charge in [0.25, 0.3) is 0 Å². The van der Waals surface area contributed by atoms with Crippen LogP contribution in [0.25, 0.3) is 0 Å². The van der Waals surface area contributed by atoms with E-state index in [0.717, 1.165) is 37.0 Å². The van der Waals surface area contributed by atoms with Crippen LogP contribution in [0.2, 0.25) is 0 Å². The molecular weight excluding hydrogens is 298 g/mol. The van der Waals surface area contributed by atoms with Gasteiger partial charge in [0.15, 0.2) is 0 Å². The molecule has 2 atom stereocenters. The fourth-order valence-electron chi connectivity index (χ4n) is 2.92. The van der Waals surface area contributed by atoms with Crippen LogP contribution in [0.15, 0.2) is 23.1 Å². The molecule has 4 nitrogen and oxygen atoms in total. The third kappa shape index (κ3) is 4.23. The first-order valence-electron chi connectivity index (χ1n) is 8.20. The number of benzene rings is 1. The van der Waals surface area contributed by atoms with Crippen molar-refractivity contribution in [2.75, 3.05) is 6.61 Å². The van der Waals surface area contributed by atoms with Crippen molar-refractivity contribution in [3.05, 3.63) is 23.8 Å². The molecule has 0 heterocycles. The van der Waals surface area contributed by atoms with E-state index in [1.54, 1.807) is 18.2 Å². The molecule has 1 aliphatic carbocycles. The molecule has 1 aliphatic rings. The first-order valence-corrected chi connectivity index (χ1v) is 9.68. The Hall–Kier alpha value is -1.07. The van der Waals surface area contributed by atoms with Crippen LogP contribution in [0, 0.1) is 12.8 Å². The molecule has 1 aromatic carbocycles. The highest BCUT2D eigenvalue weighted by Crippen LogP contribution is 2.26. The van der Waals surface area contributed by atoms with Gasteiger partial charge in [-0.1, -0.05) is 26.7 Å². The largest absolute Gasteiger partial charge is 0.493 e. The summed E-state index contributed by atoms with van der Waals surface area (Å²) in [5.41, 5.74) is 0.855. The Morgan fingerprint density at radius 3 is 2.64 bits per heavy atom. The van der Waals surface area contributed by atoms with Crippen LogP contribution >= 0.6 is 0 Å². The molecule has 1 fully saturated rings. The Morgan fingerprint density at radius 1 is 1.27 bits per heavy atom. The SMILES string of the molecule is CCCOc1ccc(S(=O)(=O)NC2CCCCC2C)cc1C. The number of rotatable bonds is 6. The quantitative estimate of drug-likeness (QED) is 0.869. The van der Waals surface area contributed by atoms with Crippen LogP contribution in [-0.2, 0) is 10.0 Å². The van der Waals surface area contributed by atoms with E-state index in [1.165, 1.54) is 6.42 Å². The Kier molecular flexibility index (Phi) is 5.87. The van der Waals surface area contributed by atoms with Crippen molar-refractivity contribution >= 4 is 10.0 Å². The van der Waals surface area contributed by atoms with Crippen LogP contribution in [0.5, 0.6) is 5.75 Å². The van der Waals surface area contributed by atoms with Gasteiger partial charge in [0.1, 0.15) is 5.75 Å². The first kappa shape index (κ1) is 17.3. The minimum Gasteiger partial charge on any atom is -0.493 e. The topological polar surface area (TPSA) is 55.4 Å². The highest BCUT2D eigenvalue weighted by molar-refractivity contribution is 7.89. The number of hydrogen-bond donors (Lipinski definition) is 1. The average molecular weight is 325 g/mol. The van der Waals surface area contributed by atoms with Gasteiger partial charge in [-0.05, 0) is 55.9 Å². The highest BCUT2D eigenvalue weighted by Gasteiger charge is 2.27. The summed E-state index contributed by atoms with van der Waals surface area (Å²) in [6, 6.07) is 5.13. The van der Waals surface area contributed by atoms with E-state index in [2.05, 4.69) is 11.6 Å². The van der Waals surface area contributed by atoms with Gasteiger partial charge in [0.2, 0.25) is 10.0 Å². The standard InChI is InChI=1S/C17H27NO3S/c1-4-11-21-17-10-9-15(12-14(17)3)22(19,20)18-16-8-6-5-7-13(16)2/h9-10,12-13,16,18H,4-8,11H2,1-3H3. The maximum absolute atomic E-state index is 12.6. The molecule has 1 aromatic rings. The van der Waals surface area contributed by atoms with Crippen molar-refractivity contribution in [3.63, 3.8) is 0 Å². The lowest BCUT2D eigenvalue weighted by Crippen LogP contribution is -2.40. The first-order chi connectivity index (χ1) is 10.4. The zero-order valence-electron chi connectivity index (χ0n) is 13.8. The molecule has 2 rings (SSSR count). The molecule has 0 radical (unpaired) electrons. The van der Waals surface area contributed by atoms with Gasteiger partial charge in [0, 0.05) is 6.04 Å². The minimum absolute atomic E-state index is 0.0510. The molecule has 2 unspecified atom stereocenters. The minimum atomic E-state index is -3.46. The summed E-state index contributed by atoms with van der Waals surface area (Å²) < 4.78 is 33.6. The van der Waals surface area contributed by atoms with Crippen LogP contribution in [0.4, 0.5) is 0 Å². The van der Waals surface area contributed by atoms with Gasteiger partial charge in [-0.15, -0.1) is 0 Å². The van der Waals surface area contributed by atoms with Crippen molar-refractivity contribution in [2.45, 2.75) is 63.8 Å². The summed E-state index contributed by atoms with van der Waals surface area (Å²) in [7, 11) is -3.46. The Bertz CT molecular complexity index is 598. The Labute approximate surface area is 134 Å². The number of aryl methyl sites for hydroxylation is 1. The Balaban J connectivity index is 2.13. The second kappa shape index (κ2) is 7.47. The fraction of sp³-hybridized carbons (Fsp3) is 0.647. The second-order valence-electron chi connectivity index (χ2n) is 6.27. The fourth-order valence-corrected chi connectivity index (χ4v) is 4.39. The lowest BCUT2D eigenvalue weighted by molar-refractivity contribution is 0.310. The average Bonchev–Trinajstić information content (AvgIpc) is 2.48. The van der Waals surface area contributed by atoms with Gasteiger partial charge < -0.3 is 4.74 Å². The molecule has 0 spiro atoms. The normalized spacial score (nSPS) is 22.5. The molecule has 1 saturated carbocycles. The highest BCUT2D eigenvalue weighted by atomic mass is 32.2. The third-order valence-corrected chi connectivity index (χ3v) is 5.82. The van der Waals surface area contributed by atoms with E-state index < -0.39 is 10.0 Å². The summed E-state index contributed by atoms with van der Waals surface area (Å²) in [6.07, 6.45) is 5.25. The van der Waals surface area contributed by atoms with Gasteiger partial charge in [-0.25, -0.2) is 13.1 Å². The summed E-state index contributed by atoms with van der Waals surface area (Å²) in [5.74, 6) is 1.16. The number of nitrogens with one attached hydrogen (secondary N) is 1. The van der Waals surface area contributed by atoms with Crippen molar-refractivity contribution in [2.24, 2.45) is 5.92 Å². The number of ether oxygens (including phenoxy) is 1. The van der Waals surface area contributed by atoms with Crippen molar-refractivity contribution in [3.8, 4) is 5.75 Å². The summed E-state index contributed by atoms with van der Waals surface area (Å²) in [4.78, 5) is 0.326. The van der Waals surface area contributed by atoms with E-state index in [4.69, 9.17) is 4.74 Å².